The number of hydrogen-bond donors (Lipinski definition) is 2. The maximum atomic E-state index is 12.4. The van der Waals surface area contributed by atoms with E-state index in [1.807, 2.05) is 32.0 Å². The first-order chi connectivity index (χ1) is 15.4. The Morgan fingerprint density at radius 2 is 1.97 bits per heavy atom. The van der Waals surface area contributed by atoms with E-state index < -0.39 is 0 Å². The molecule has 32 heavy (non-hydrogen) atoms. The van der Waals surface area contributed by atoms with Crippen LogP contribution in [0.15, 0.2) is 55.1 Å². The van der Waals surface area contributed by atoms with Crippen molar-refractivity contribution in [1.29, 1.82) is 0 Å². The van der Waals surface area contributed by atoms with Crippen LogP contribution < -0.4 is 20.3 Å². The molecule has 1 saturated heterocycles. The Morgan fingerprint density at radius 1 is 1.22 bits per heavy atom. The minimum absolute atomic E-state index is 0.0956. The molecule has 2 aromatic carbocycles. The lowest BCUT2D eigenvalue weighted by Gasteiger charge is -2.17. The predicted molar refractivity (Wildman–Crippen MR) is 125 cm³/mol. The van der Waals surface area contributed by atoms with Gasteiger partial charge in [-0.1, -0.05) is 31.2 Å². The number of anilines is 2. The lowest BCUT2D eigenvalue weighted by Crippen LogP contribution is -2.32. The summed E-state index contributed by atoms with van der Waals surface area (Å²) in [4.78, 5) is 38.4. The first-order valence-corrected chi connectivity index (χ1v) is 10.7. The Morgan fingerprint density at radius 3 is 2.66 bits per heavy atom. The summed E-state index contributed by atoms with van der Waals surface area (Å²) in [7, 11) is 0. The molecule has 1 unspecified atom stereocenters. The van der Waals surface area contributed by atoms with Crippen molar-refractivity contribution in [3.05, 3.63) is 66.2 Å². The van der Waals surface area contributed by atoms with Crippen molar-refractivity contribution < 1.29 is 19.1 Å². The van der Waals surface area contributed by atoms with Gasteiger partial charge in [0.25, 0.3) is 5.91 Å². The van der Waals surface area contributed by atoms with Crippen molar-refractivity contribution >= 4 is 29.1 Å². The van der Waals surface area contributed by atoms with Crippen LogP contribution in [0.3, 0.4) is 0 Å². The van der Waals surface area contributed by atoms with E-state index in [4.69, 9.17) is 4.74 Å². The van der Waals surface area contributed by atoms with Crippen molar-refractivity contribution in [3.8, 4) is 5.75 Å². The Bertz CT molecular complexity index is 1000. The highest BCUT2D eigenvalue weighted by molar-refractivity contribution is 6.00. The van der Waals surface area contributed by atoms with Crippen LogP contribution in [0.25, 0.3) is 0 Å². The molecule has 7 nitrogen and oxygen atoms in total. The minimum atomic E-state index is -0.378. The Kier molecular flexibility index (Phi) is 7.65. The normalized spacial score (nSPS) is 15.4. The van der Waals surface area contributed by atoms with Gasteiger partial charge in [-0.25, -0.2) is 0 Å². The number of ether oxygens (including phenoxy) is 1. The van der Waals surface area contributed by atoms with Crippen molar-refractivity contribution in [3.63, 3.8) is 0 Å². The van der Waals surface area contributed by atoms with Crippen molar-refractivity contribution in [2.75, 3.05) is 29.9 Å². The maximum Gasteiger partial charge on any atom is 0.262 e. The molecular weight excluding hydrogens is 406 g/mol. The number of para-hydroxylation sites is 1. The molecule has 168 valence electrons. The quantitative estimate of drug-likeness (QED) is 0.592. The van der Waals surface area contributed by atoms with E-state index in [9.17, 15) is 14.4 Å². The zero-order valence-corrected chi connectivity index (χ0v) is 18.5. The maximum absolute atomic E-state index is 12.4. The highest BCUT2D eigenvalue weighted by atomic mass is 16.5. The number of benzene rings is 2. The van der Waals surface area contributed by atoms with Crippen molar-refractivity contribution in [2.24, 2.45) is 5.92 Å². The second kappa shape index (κ2) is 10.6. The molecule has 0 spiro atoms. The van der Waals surface area contributed by atoms with E-state index in [1.165, 1.54) is 0 Å². The van der Waals surface area contributed by atoms with Gasteiger partial charge in [-0.3, -0.25) is 14.4 Å². The Balaban J connectivity index is 1.55. The van der Waals surface area contributed by atoms with Crippen LogP contribution in [0, 0.1) is 12.8 Å². The summed E-state index contributed by atoms with van der Waals surface area (Å²) in [6.07, 6.45) is 2.61. The van der Waals surface area contributed by atoms with Gasteiger partial charge in [0.15, 0.2) is 6.61 Å². The summed E-state index contributed by atoms with van der Waals surface area (Å²) in [5.41, 5.74) is 3.61. The van der Waals surface area contributed by atoms with Crippen LogP contribution in [-0.4, -0.2) is 37.4 Å². The third-order valence-corrected chi connectivity index (χ3v) is 5.44. The highest BCUT2D eigenvalue weighted by Crippen LogP contribution is 2.27. The third-order valence-electron chi connectivity index (χ3n) is 5.44. The third kappa shape index (κ3) is 5.55. The summed E-state index contributed by atoms with van der Waals surface area (Å²) in [5, 5.41) is 5.67. The molecular formula is C25H29N3O4. The number of carbonyl (C=O) groups excluding carboxylic acids is 3. The lowest BCUT2D eigenvalue weighted by atomic mass is 10.1. The molecule has 0 bridgehead atoms. The SMILES string of the molecule is C=CCNC(=O)C1CC(=O)N(c2ccc(OCC(=O)Nc3c(C)cccc3CC)cc2)C1. The van der Waals surface area contributed by atoms with E-state index >= 15 is 0 Å². The molecule has 1 heterocycles. The number of carbonyl (C=O) groups is 3. The number of amides is 3. The van der Waals surface area contributed by atoms with Crippen LogP contribution in [0.1, 0.15) is 24.5 Å². The van der Waals surface area contributed by atoms with Gasteiger partial charge in [-0.2, -0.15) is 0 Å². The molecule has 1 aliphatic rings. The molecule has 0 saturated carbocycles. The standard InChI is InChI=1S/C25H29N3O4/c1-4-13-26-25(31)19-14-23(30)28(15-19)20-9-11-21(12-10-20)32-16-22(29)27-24-17(3)7-6-8-18(24)5-2/h4,6-12,19H,1,5,13-16H2,2-3H3,(H,26,31)(H,27,29). The first-order valence-electron chi connectivity index (χ1n) is 10.7. The monoisotopic (exact) mass is 435 g/mol. The van der Waals surface area contributed by atoms with Crippen LogP contribution in [0.5, 0.6) is 5.75 Å². The summed E-state index contributed by atoms with van der Waals surface area (Å²) in [6, 6.07) is 12.9. The van der Waals surface area contributed by atoms with Crippen LogP contribution in [-0.2, 0) is 20.8 Å². The molecule has 1 fully saturated rings. The summed E-state index contributed by atoms with van der Waals surface area (Å²) >= 11 is 0. The fourth-order valence-electron chi connectivity index (χ4n) is 3.70. The second-order valence-electron chi connectivity index (χ2n) is 7.73. The fourth-order valence-corrected chi connectivity index (χ4v) is 3.70. The summed E-state index contributed by atoms with van der Waals surface area (Å²) in [5.74, 6) is -0.331. The molecule has 2 N–H and O–H groups in total. The van der Waals surface area contributed by atoms with Crippen LogP contribution >= 0.6 is 0 Å². The van der Waals surface area contributed by atoms with Crippen molar-refractivity contribution in [2.45, 2.75) is 26.7 Å². The van der Waals surface area contributed by atoms with Gasteiger partial charge in [0.2, 0.25) is 11.8 Å². The van der Waals surface area contributed by atoms with Gasteiger partial charge in [0, 0.05) is 30.9 Å². The van der Waals surface area contributed by atoms with E-state index in [0.717, 1.165) is 23.2 Å². The molecule has 0 aliphatic carbocycles. The van der Waals surface area contributed by atoms with Gasteiger partial charge in [0.05, 0.1) is 5.92 Å². The number of rotatable bonds is 9. The average molecular weight is 436 g/mol. The van der Waals surface area contributed by atoms with Crippen LogP contribution in [0.2, 0.25) is 0 Å². The number of aryl methyl sites for hydroxylation is 2. The lowest BCUT2D eigenvalue weighted by molar-refractivity contribution is -0.126. The Labute approximate surface area is 188 Å². The van der Waals surface area contributed by atoms with Gasteiger partial charge < -0.3 is 20.3 Å². The van der Waals surface area contributed by atoms with Crippen molar-refractivity contribution in [1.82, 2.24) is 5.32 Å². The molecule has 1 atom stereocenters. The fraction of sp³-hybridized carbons (Fsp3) is 0.320. The van der Waals surface area contributed by atoms with E-state index in [1.54, 1.807) is 35.2 Å². The number of hydrogen-bond acceptors (Lipinski definition) is 4. The van der Waals surface area contributed by atoms with Crippen LogP contribution in [0.4, 0.5) is 11.4 Å². The van der Waals surface area contributed by atoms with Gasteiger partial charge in [-0.15, -0.1) is 6.58 Å². The average Bonchev–Trinajstić information content (AvgIpc) is 3.19. The molecule has 0 aromatic heterocycles. The summed E-state index contributed by atoms with van der Waals surface area (Å²) < 4.78 is 5.61. The predicted octanol–water partition coefficient (Wildman–Crippen LogP) is 3.23. The van der Waals surface area contributed by atoms with E-state index in [0.29, 0.717) is 24.5 Å². The topological polar surface area (TPSA) is 87.7 Å². The van der Waals surface area contributed by atoms with Gasteiger partial charge in [-0.05, 0) is 48.7 Å². The largest absolute Gasteiger partial charge is 0.484 e. The highest BCUT2D eigenvalue weighted by Gasteiger charge is 2.34. The zero-order chi connectivity index (χ0) is 23.1. The van der Waals surface area contributed by atoms with E-state index in [-0.39, 0.29) is 36.7 Å². The summed E-state index contributed by atoms with van der Waals surface area (Å²) in [6.45, 7) is 8.17. The Hall–Kier alpha value is -3.61. The number of nitrogens with one attached hydrogen (secondary N) is 2. The van der Waals surface area contributed by atoms with Gasteiger partial charge in [0.1, 0.15) is 5.75 Å². The first kappa shape index (κ1) is 23.1. The second-order valence-corrected chi connectivity index (χ2v) is 7.73. The van der Waals surface area contributed by atoms with E-state index in [2.05, 4.69) is 17.2 Å². The smallest absolute Gasteiger partial charge is 0.262 e. The van der Waals surface area contributed by atoms with Gasteiger partial charge >= 0.3 is 0 Å². The molecule has 3 rings (SSSR count). The molecule has 0 radical (unpaired) electrons. The molecule has 7 heteroatoms. The molecule has 1 aliphatic heterocycles. The molecule has 2 aromatic rings. The molecule has 3 amide bonds. The minimum Gasteiger partial charge on any atom is -0.484 e. The number of nitrogens with zero attached hydrogens (tertiary/aromatic N) is 1. The zero-order valence-electron chi connectivity index (χ0n) is 18.5.